The average Bonchev–Trinajstić information content (AvgIpc) is 1.97. The molecule has 0 fully saturated rings. The molecule has 0 saturated carbocycles. The van der Waals surface area contributed by atoms with Gasteiger partial charge in [0, 0.05) is 11.1 Å². The van der Waals surface area contributed by atoms with Crippen molar-refractivity contribution in [3.05, 3.63) is 0 Å². The van der Waals surface area contributed by atoms with Crippen molar-refractivity contribution in [2.24, 2.45) is 5.92 Å². The van der Waals surface area contributed by atoms with Crippen LogP contribution in [0.4, 0.5) is 0 Å². The molecule has 0 amide bonds. The van der Waals surface area contributed by atoms with Gasteiger partial charge in [-0.15, -0.1) is 0 Å². The Labute approximate surface area is 82.2 Å². The first kappa shape index (κ1) is 11.6. The minimum atomic E-state index is 0.373. The molecule has 1 unspecified atom stereocenters. The second kappa shape index (κ2) is 7.21. The lowest BCUT2D eigenvalue weighted by molar-refractivity contribution is 0.692. The Hall–Kier alpha value is 0.550. The molecule has 0 aliphatic carbocycles. The van der Waals surface area contributed by atoms with Gasteiger partial charge in [-0.25, -0.2) is 0 Å². The standard InChI is InChI=1S/C8H13ClS2/c1-4-10-11-8(5-6-9)7(2)3/h7-8H,4H2,1-3H3. The molecular weight excluding hydrogens is 196 g/mol. The maximum Gasteiger partial charge on any atom is 0.0795 e. The van der Waals surface area contributed by atoms with Crippen LogP contribution in [0.3, 0.4) is 0 Å². The molecule has 0 aliphatic rings. The van der Waals surface area contributed by atoms with Crippen LogP contribution in [-0.2, 0) is 0 Å². The molecule has 64 valence electrons. The smallest absolute Gasteiger partial charge is 0.0795 e. The van der Waals surface area contributed by atoms with E-state index in [0.29, 0.717) is 11.2 Å². The zero-order chi connectivity index (χ0) is 8.69. The first-order chi connectivity index (χ1) is 5.22. The highest BCUT2D eigenvalue weighted by Crippen LogP contribution is 2.30. The Morgan fingerprint density at radius 2 is 2.09 bits per heavy atom. The Morgan fingerprint density at radius 1 is 1.45 bits per heavy atom. The van der Waals surface area contributed by atoms with Gasteiger partial charge >= 0.3 is 0 Å². The molecule has 0 aromatic heterocycles. The SMILES string of the molecule is CCSSC(C#CCl)C(C)C. The van der Waals surface area contributed by atoms with E-state index in [4.69, 9.17) is 11.6 Å². The minimum Gasteiger partial charge on any atom is -0.0932 e. The molecule has 0 saturated heterocycles. The van der Waals surface area contributed by atoms with Gasteiger partial charge in [-0.1, -0.05) is 48.3 Å². The Morgan fingerprint density at radius 3 is 2.45 bits per heavy atom. The van der Waals surface area contributed by atoms with Crippen molar-refractivity contribution in [2.45, 2.75) is 26.0 Å². The fraction of sp³-hybridized carbons (Fsp3) is 0.750. The molecule has 0 rings (SSSR count). The van der Waals surface area contributed by atoms with Gasteiger partial charge in [-0.05, 0) is 17.5 Å². The molecule has 0 bridgehead atoms. The number of rotatable bonds is 4. The van der Waals surface area contributed by atoms with E-state index in [2.05, 4.69) is 32.1 Å². The fourth-order valence-corrected chi connectivity index (χ4v) is 2.95. The van der Waals surface area contributed by atoms with Crippen molar-refractivity contribution in [3.63, 3.8) is 0 Å². The molecule has 0 nitrogen and oxygen atoms in total. The molecule has 0 N–H and O–H groups in total. The van der Waals surface area contributed by atoms with Crippen LogP contribution in [0.15, 0.2) is 0 Å². The van der Waals surface area contributed by atoms with Gasteiger partial charge < -0.3 is 0 Å². The number of hydrogen-bond donors (Lipinski definition) is 0. The summed E-state index contributed by atoms with van der Waals surface area (Å²) in [6, 6.07) is 0. The lowest BCUT2D eigenvalue weighted by atomic mass is 10.1. The van der Waals surface area contributed by atoms with Crippen LogP contribution in [0.2, 0.25) is 0 Å². The summed E-state index contributed by atoms with van der Waals surface area (Å²) in [4.78, 5) is 0. The number of hydrogen-bond acceptors (Lipinski definition) is 2. The van der Waals surface area contributed by atoms with Crippen molar-refractivity contribution in [1.29, 1.82) is 0 Å². The summed E-state index contributed by atoms with van der Waals surface area (Å²) in [5.74, 6) is 4.67. The zero-order valence-electron chi connectivity index (χ0n) is 7.06. The third-order valence-corrected chi connectivity index (χ3v) is 4.18. The lowest BCUT2D eigenvalue weighted by Crippen LogP contribution is -2.06. The topological polar surface area (TPSA) is 0 Å². The van der Waals surface area contributed by atoms with Gasteiger partial charge in [-0.2, -0.15) is 0 Å². The molecule has 3 heteroatoms. The lowest BCUT2D eigenvalue weighted by Gasteiger charge is -2.11. The Kier molecular flexibility index (Phi) is 7.57. The predicted molar refractivity (Wildman–Crippen MR) is 58.0 cm³/mol. The van der Waals surface area contributed by atoms with E-state index in [-0.39, 0.29) is 0 Å². The first-order valence-electron chi connectivity index (χ1n) is 3.61. The second-order valence-electron chi connectivity index (χ2n) is 2.41. The van der Waals surface area contributed by atoms with Crippen molar-refractivity contribution in [2.75, 3.05) is 5.75 Å². The third kappa shape index (κ3) is 5.78. The molecular formula is C8H13ClS2. The van der Waals surface area contributed by atoms with Gasteiger partial charge in [-0.3, -0.25) is 0 Å². The molecule has 0 radical (unpaired) electrons. The van der Waals surface area contributed by atoms with Crippen molar-refractivity contribution in [1.82, 2.24) is 0 Å². The zero-order valence-corrected chi connectivity index (χ0v) is 9.45. The first-order valence-corrected chi connectivity index (χ1v) is 6.37. The van der Waals surface area contributed by atoms with Crippen LogP contribution in [0, 0.1) is 17.2 Å². The molecule has 0 heterocycles. The fourth-order valence-electron chi connectivity index (χ4n) is 0.497. The van der Waals surface area contributed by atoms with E-state index in [1.807, 2.05) is 21.6 Å². The highest BCUT2D eigenvalue weighted by Gasteiger charge is 2.09. The van der Waals surface area contributed by atoms with E-state index >= 15 is 0 Å². The van der Waals surface area contributed by atoms with Crippen molar-refractivity contribution < 1.29 is 0 Å². The van der Waals surface area contributed by atoms with Crippen LogP contribution in [0.5, 0.6) is 0 Å². The van der Waals surface area contributed by atoms with E-state index in [1.54, 1.807) is 0 Å². The van der Waals surface area contributed by atoms with E-state index < -0.39 is 0 Å². The second-order valence-corrected chi connectivity index (χ2v) is 5.39. The van der Waals surface area contributed by atoms with Gasteiger partial charge in [0.1, 0.15) is 0 Å². The summed E-state index contributed by atoms with van der Waals surface area (Å²) in [6.07, 6.45) is 0. The molecule has 1 atom stereocenters. The summed E-state index contributed by atoms with van der Waals surface area (Å²) >= 11 is 5.34. The van der Waals surface area contributed by atoms with Gasteiger partial charge in [0.05, 0.1) is 5.25 Å². The quantitative estimate of drug-likeness (QED) is 0.512. The summed E-state index contributed by atoms with van der Waals surface area (Å²) in [5.41, 5.74) is 0. The normalized spacial score (nSPS) is 12.5. The largest absolute Gasteiger partial charge is 0.0932 e. The Bertz CT molecular complexity index is 146. The van der Waals surface area contributed by atoms with Crippen LogP contribution < -0.4 is 0 Å². The minimum absolute atomic E-state index is 0.373. The highest BCUT2D eigenvalue weighted by molar-refractivity contribution is 8.77. The van der Waals surface area contributed by atoms with Crippen LogP contribution >= 0.6 is 33.2 Å². The summed E-state index contributed by atoms with van der Waals surface area (Å²) < 4.78 is 0. The predicted octanol–water partition coefficient (Wildman–Crippen LogP) is 3.61. The average molecular weight is 209 g/mol. The monoisotopic (exact) mass is 208 g/mol. The molecule has 11 heavy (non-hydrogen) atoms. The Balaban J connectivity index is 3.76. The third-order valence-electron chi connectivity index (χ3n) is 1.09. The van der Waals surface area contributed by atoms with Crippen LogP contribution in [0.25, 0.3) is 0 Å². The van der Waals surface area contributed by atoms with E-state index in [0.717, 1.165) is 5.75 Å². The maximum absolute atomic E-state index is 5.34. The highest BCUT2D eigenvalue weighted by atomic mass is 35.5. The summed E-state index contributed by atoms with van der Waals surface area (Å²) in [6.45, 7) is 6.47. The van der Waals surface area contributed by atoms with E-state index in [1.165, 1.54) is 0 Å². The summed E-state index contributed by atoms with van der Waals surface area (Å²) in [7, 11) is 3.65. The number of halogens is 1. The molecule has 0 spiro atoms. The van der Waals surface area contributed by atoms with Gasteiger partial charge in [0.2, 0.25) is 0 Å². The molecule has 0 aliphatic heterocycles. The van der Waals surface area contributed by atoms with Crippen molar-refractivity contribution in [3.8, 4) is 11.3 Å². The van der Waals surface area contributed by atoms with Crippen molar-refractivity contribution >= 4 is 33.2 Å². The maximum atomic E-state index is 5.34. The molecule has 0 aromatic rings. The van der Waals surface area contributed by atoms with Gasteiger partial charge in [0.15, 0.2) is 0 Å². The van der Waals surface area contributed by atoms with E-state index in [9.17, 15) is 0 Å². The summed E-state index contributed by atoms with van der Waals surface area (Å²) in [5, 5.41) is 2.82. The van der Waals surface area contributed by atoms with Gasteiger partial charge in [0.25, 0.3) is 0 Å². The van der Waals surface area contributed by atoms with Crippen LogP contribution in [0.1, 0.15) is 20.8 Å². The van der Waals surface area contributed by atoms with Crippen LogP contribution in [-0.4, -0.2) is 11.0 Å². The molecule has 0 aromatic carbocycles.